The standard InChI is InChI=1S/C6H15NO4S/c1-6(2,8)5(3-4-7)12(9,10)11/h5,8H,3-4,7H2,1-2H3,(H,9,10,11). The van der Waals surface area contributed by atoms with E-state index in [0.717, 1.165) is 0 Å². The summed E-state index contributed by atoms with van der Waals surface area (Å²) in [5.41, 5.74) is 3.67. The number of rotatable bonds is 4. The van der Waals surface area contributed by atoms with Crippen molar-refractivity contribution in [3.8, 4) is 0 Å². The van der Waals surface area contributed by atoms with Crippen LogP contribution in [0.5, 0.6) is 0 Å². The summed E-state index contributed by atoms with van der Waals surface area (Å²) in [6, 6.07) is 0. The first-order chi connectivity index (χ1) is 5.19. The average Bonchev–Trinajstić information content (AvgIpc) is 1.77. The van der Waals surface area contributed by atoms with Crippen molar-refractivity contribution in [1.29, 1.82) is 0 Å². The predicted octanol–water partition coefficient (Wildman–Crippen LogP) is -0.637. The maximum Gasteiger partial charge on any atom is 0.270 e. The third-order valence-electron chi connectivity index (χ3n) is 1.58. The molecule has 0 aromatic carbocycles. The van der Waals surface area contributed by atoms with E-state index >= 15 is 0 Å². The second-order valence-electron chi connectivity index (χ2n) is 3.23. The maximum atomic E-state index is 10.7. The maximum absolute atomic E-state index is 10.7. The van der Waals surface area contributed by atoms with E-state index in [1.807, 2.05) is 0 Å². The number of hydrogen-bond donors (Lipinski definition) is 3. The lowest BCUT2D eigenvalue weighted by molar-refractivity contribution is 0.0704. The molecule has 0 amide bonds. The Bertz CT molecular complexity index is 228. The minimum Gasteiger partial charge on any atom is -0.389 e. The topological polar surface area (TPSA) is 101 Å². The molecule has 6 heteroatoms. The van der Waals surface area contributed by atoms with Crippen LogP contribution in [-0.2, 0) is 10.1 Å². The number of hydrogen-bond acceptors (Lipinski definition) is 4. The number of nitrogens with two attached hydrogens (primary N) is 1. The van der Waals surface area contributed by atoms with E-state index < -0.39 is 21.0 Å². The summed E-state index contributed by atoms with van der Waals surface area (Å²) in [6.45, 7) is 2.75. The SMILES string of the molecule is CC(C)(O)C(CCN)S(=O)(=O)O. The lowest BCUT2D eigenvalue weighted by Crippen LogP contribution is -2.43. The molecule has 0 aliphatic rings. The van der Waals surface area contributed by atoms with Gasteiger partial charge in [-0.15, -0.1) is 0 Å². The molecule has 74 valence electrons. The van der Waals surface area contributed by atoms with Gasteiger partial charge in [-0.1, -0.05) is 0 Å². The van der Waals surface area contributed by atoms with Crippen molar-refractivity contribution in [2.75, 3.05) is 6.54 Å². The first-order valence-electron chi connectivity index (χ1n) is 3.58. The highest BCUT2D eigenvalue weighted by atomic mass is 32.2. The van der Waals surface area contributed by atoms with Crippen LogP contribution >= 0.6 is 0 Å². The Kier molecular flexibility index (Phi) is 3.64. The lowest BCUT2D eigenvalue weighted by atomic mass is 10.0. The zero-order valence-corrected chi connectivity index (χ0v) is 8.00. The van der Waals surface area contributed by atoms with E-state index in [1.165, 1.54) is 13.8 Å². The molecule has 0 radical (unpaired) electrons. The monoisotopic (exact) mass is 197 g/mol. The fourth-order valence-corrected chi connectivity index (χ4v) is 2.18. The van der Waals surface area contributed by atoms with Crippen molar-refractivity contribution < 1.29 is 18.1 Å². The van der Waals surface area contributed by atoms with Gasteiger partial charge >= 0.3 is 0 Å². The quantitative estimate of drug-likeness (QED) is 0.520. The summed E-state index contributed by atoms with van der Waals surface area (Å²) >= 11 is 0. The van der Waals surface area contributed by atoms with Gasteiger partial charge in [-0.3, -0.25) is 4.55 Å². The normalized spacial score (nSPS) is 16.1. The zero-order valence-electron chi connectivity index (χ0n) is 7.19. The molecule has 0 heterocycles. The molecular weight excluding hydrogens is 182 g/mol. The highest BCUT2D eigenvalue weighted by molar-refractivity contribution is 7.86. The van der Waals surface area contributed by atoms with Crippen LogP contribution in [0.25, 0.3) is 0 Å². The Morgan fingerprint density at radius 1 is 1.50 bits per heavy atom. The van der Waals surface area contributed by atoms with E-state index in [-0.39, 0.29) is 13.0 Å². The van der Waals surface area contributed by atoms with E-state index in [0.29, 0.717) is 0 Å². The largest absolute Gasteiger partial charge is 0.389 e. The van der Waals surface area contributed by atoms with Crippen molar-refractivity contribution in [3.05, 3.63) is 0 Å². The van der Waals surface area contributed by atoms with Crippen LogP contribution in [-0.4, -0.2) is 35.5 Å². The van der Waals surface area contributed by atoms with E-state index in [1.54, 1.807) is 0 Å². The van der Waals surface area contributed by atoms with Gasteiger partial charge in [0, 0.05) is 0 Å². The zero-order chi connectivity index (χ0) is 9.99. The van der Waals surface area contributed by atoms with Crippen LogP contribution in [0.4, 0.5) is 0 Å². The first kappa shape index (κ1) is 11.8. The van der Waals surface area contributed by atoms with E-state index in [9.17, 15) is 13.5 Å². The van der Waals surface area contributed by atoms with Gasteiger partial charge in [0.05, 0.1) is 5.60 Å². The molecule has 4 N–H and O–H groups in total. The Hall–Kier alpha value is -0.170. The van der Waals surface area contributed by atoms with Gasteiger partial charge in [-0.05, 0) is 26.8 Å². The van der Waals surface area contributed by atoms with Crippen LogP contribution < -0.4 is 5.73 Å². The molecule has 0 spiro atoms. The minimum atomic E-state index is -4.21. The Morgan fingerprint density at radius 2 is 1.92 bits per heavy atom. The third-order valence-corrected chi connectivity index (χ3v) is 3.11. The third kappa shape index (κ3) is 3.48. The summed E-state index contributed by atoms with van der Waals surface area (Å²) in [4.78, 5) is 0. The molecule has 1 atom stereocenters. The summed E-state index contributed by atoms with van der Waals surface area (Å²) in [5.74, 6) is 0. The summed E-state index contributed by atoms with van der Waals surface area (Å²) in [7, 11) is -4.21. The first-order valence-corrected chi connectivity index (χ1v) is 5.08. The van der Waals surface area contributed by atoms with Crippen molar-refractivity contribution in [3.63, 3.8) is 0 Å². The molecule has 12 heavy (non-hydrogen) atoms. The van der Waals surface area contributed by atoms with Gasteiger partial charge in [0.25, 0.3) is 10.1 Å². The van der Waals surface area contributed by atoms with Gasteiger partial charge in [0.15, 0.2) is 0 Å². The Labute approximate surface area is 72.3 Å². The molecule has 0 rings (SSSR count). The summed E-state index contributed by atoms with van der Waals surface area (Å²) < 4.78 is 30.1. The fraction of sp³-hybridized carbons (Fsp3) is 1.00. The van der Waals surface area contributed by atoms with Gasteiger partial charge in [0.2, 0.25) is 0 Å². The Balaban J connectivity index is 4.70. The van der Waals surface area contributed by atoms with Gasteiger partial charge in [-0.25, -0.2) is 0 Å². The molecular formula is C6H15NO4S. The fourth-order valence-electron chi connectivity index (χ4n) is 1.02. The highest BCUT2D eigenvalue weighted by Gasteiger charge is 2.36. The van der Waals surface area contributed by atoms with Crippen molar-refractivity contribution >= 4 is 10.1 Å². The smallest absolute Gasteiger partial charge is 0.270 e. The molecule has 0 aromatic rings. The second-order valence-corrected chi connectivity index (χ2v) is 4.83. The number of aliphatic hydroxyl groups is 1. The van der Waals surface area contributed by atoms with Crippen LogP contribution in [0.1, 0.15) is 20.3 Å². The lowest BCUT2D eigenvalue weighted by Gasteiger charge is -2.25. The summed E-state index contributed by atoms with van der Waals surface area (Å²) in [6.07, 6.45) is 0.0440. The van der Waals surface area contributed by atoms with Gasteiger partial charge in [-0.2, -0.15) is 8.42 Å². The van der Waals surface area contributed by atoms with Crippen LogP contribution in [0.15, 0.2) is 0 Å². The molecule has 5 nitrogen and oxygen atoms in total. The van der Waals surface area contributed by atoms with Crippen LogP contribution in [0, 0.1) is 0 Å². The van der Waals surface area contributed by atoms with Crippen LogP contribution in [0.2, 0.25) is 0 Å². The molecule has 0 saturated carbocycles. The molecule has 0 fully saturated rings. The molecule has 0 aromatic heterocycles. The van der Waals surface area contributed by atoms with Crippen molar-refractivity contribution in [1.82, 2.24) is 0 Å². The average molecular weight is 197 g/mol. The van der Waals surface area contributed by atoms with E-state index in [2.05, 4.69) is 0 Å². The predicted molar refractivity (Wildman–Crippen MR) is 45.3 cm³/mol. The van der Waals surface area contributed by atoms with Crippen molar-refractivity contribution in [2.45, 2.75) is 31.1 Å². The van der Waals surface area contributed by atoms with Crippen molar-refractivity contribution in [2.24, 2.45) is 5.73 Å². The van der Waals surface area contributed by atoms with Crippen LogP contribution in [0.3, 0.4) is 0 Å². The molecule has 0 saturated heterocycles. The molecule has 1 unspecified atom stereocenters. The Morgan fingerprint density at radius 3 is 2.00 bits per heavy atom. The van der Waals surface area contributed by atoms with E-state index in [4.69, 9.17) is 10.3 Å². The molecule has 0 aliphatic carbocycles. The molecule has 0 aliphatic heterocycles. The minimum absolute atomic E-state index is 0.0440. The van der Waals surface area contributed by atoms with Gasteiger partial charge in [0.1, 0.15) is 5.25 Å². The molecule has 0 bridgehead atoms. The van der Waals surface area contributed by atoms with Gasteiger partial charge < -0.3 is 10.8 Å². The summed E-state index contributed by atoms with van der Waals surface area (Å²) in [5, 5.41) is 8.14. The highest BCUT2D eigenvalue weighted by Crippen LogP contribution is 2.18. The second kappa shape index (κ2) is 3.69.